The maximum absolute atomic E-state index is 11.1. The van der Waals surface area contributed by atoms with Crippen LogP contribution in [0.15, 0.2) is 12.7 Å². The maximum atomic E-state index is 11.1. The summed E-state index contributed by atoms with van der Waals surface area (Å²) in [5, 5.41) is 0. The summed E-state index contributed by atoms with van der Waals surface area (Å²) in [6.45, 7) is 7.90. The zero-order valence-electron chi connectivity index (χ0n) is 10.3. The van der Waals surface area contributed by atoms with Gasteiger partial charge in [-0.05, 0) is 18.8 Å². The van der Waals surface area contributed by atoms with E-state index in [1.807, 2.05) is 13.0 Å². The lowest BCUT2D eigenvalue weighted by atomic mass is 9.97. The van der Waals surface area contributed by atoms with Gasteiger partial charge in [-0.1, -0.05) is 39.2 Å². The first-order valence-electron chi connectivity index (χ1n) is 5.80. The van der Waals surface area contributed by atoms with E-state index in [9.17, 15) is 4.79 Å². The van der Waals surface area contributed by atoms with E-state index in [4.69, 9.17) is 0 Å². The molecule has 0 rings (SSSR count). The van der Waals surface area contributed by atoms with E-state index in [1.54, 1.807) is 0 Å². The van der Waals surface area contributed by atoms with Crippen LogP contribution in [0.2, 0.25) is 0 Å². The van der Waals surface area contributed by atoms with Crippen molar-refractivity contribution >= 4 is 5.97 Å². The fourth-order valence-electron chi connectivity index (χ4n) is 1.66. The number of methoxy groups -OCH3 is 1. The highest BCUT2D eigenvalue weighted by molar-refractivity contribution is 5.71. The van der Waals surface area contributed by atoms with E-state index in [0.717, 1.165) is 25.2 Å². The van der Waals surface area contributed by atoms with Gasteiger partial charge >= 0.3 is 5.97 Å². The van der Waals surface area contributed by atoms with Crippen molar-refractivity contribution in [3.05, 3.63) is 12.7 Å². The van der Waals surface area contributed by atoms with Crippen molar-refractivity contribution in [1.82, 2.24) is 0 Å². The van der Waals surface area contributed by atoms with Crippen LogP contribution in [0.3, 0.4) is 0 Å². The normalized spacial score (nSPS) is 14.3. The Bertz CT molecular complexity index is 187. The molecular formula is C13H24O2. The molecule has 2 heteroatoms. The zero-order valence-corrected chi connectivity index (χ0v) is 10.3. The van der Waals surface area contributed by atoms with Gasteiger partial charge in [-0.3, -0.25) is 4.79 Å². The largest absolute Gasteiger partial charge is 0.469 e. The topological polar surface area (TPSA) is 26.3 Å². The molecule has 0 heterocycles. The fraction of sp³-hybridized carbons (Fsp3) is 0.769. The van der Waals surface area contributed by atoms with Crippen molar-refractivity contribution in [2.24, 2.45) is 11.8 Å². The molecule has 0 aromatic rings. The predicted molar refractivity (Wildman–Crippen MR) is 63.6 cm³/mol. The zero-order chi connectivity index (χ0) is 11.7. The molecular weight excluding hydrogens is 188 g/mol. The summed E-state index contributed by atoms with van der Waals surface area (Å²) in [7, 11) is 1.45. The molecule has 15 heavy (non-hydrogen) atoms. The molecule has 0 aromatic heterocycles. The number of carbonyl (C=O) groups is 1. The van der Waals surface area contributed by atoms with E-state index < -0.39 is 0 Å². The monoisotopic (exact) mass is 212 g/mol. The Kier molecular flexibility index (Phi) is 8.06. The number of ether oxygens (including phenoxy) is 1. The maximum Gasteiger partial charge on any atom is 0.308 e. The van der Waals surface area contributed by atoms with E-state index in [-0.39, 0.29) is 11.9 Å². The first kappa shape index (κ1) is 14.2. The second kappa shape index (κ2) is 8.51. The molecule has 88 valence electrons. The molecule has 0 N–H and O–H groups in total. The molecule has 0 radical (unpaired) electrons. The molecule has 0 spiro atoms. The molecule has 0 saturated heterocycles. The van der Waals surface area contributed by atoms with Crippen LogP contribution in [0, 0.1) is 11.8 Å². The van der Waals surface area contributed by atoms with Crippen LogP contribution < -0.4 is 0 Å². The van der Waals surface area contributed by atoms with Gasteiger partial charge in [-0.25, -0.2) is 0 Å². The van der Waals surface area contributed by atoms with Crippen LogP contribution in [0.25, 0.3) is 0 Å². The molecule has 0 fully saturated rings. The third-order valence-electron chi connectivity index (χ3n) is 2.76. The van der Waals surface area contributed by atoms with Gasteiger partial charge in [0.2, 0.25) is 0 Å². The number of allylic oxidation sites excluding steroid dienone is 1. The number of carbonyl (C=O) groups excluding carboxylic acids is 1. The summed E-state index contributed by atoms with van der Waals surface area (Å²) >= 11 is 0. The molecule has 2 nitrogen and oxygen atoms in total. The van der Waals surface area contributed by atoms with Crippen LogP contribution in [0.1, 0.15) is 46.0 Å². The van der Waals surface area contributed by atoms with E-state index in [0.29, 0.717) is 0 Å². The second-order valence-corrected chi connectivity index (χ2v) is 4.34. The van der Waals surface area contributed by atoms with Gasteiger partial charge in [-0.2, -0.15) is 0 Å². The van der Waals surface area contributed by atoms with Crippen molar-refractivity contribution in [3.63, 3.8) is 0 Å². The van der Waals surface area contributed by atoms with Gasteiger partial charge in [-0.15, -0.1) is 6.58 Å². The first-order valence-corrected chi connectivity index (χ1v) is 5.80. The van der Waals surface area contributed by atoms with Crippen LogP contribution in [-0.2, 0) is 9.53 Å². The predicted octanol–water partition coefficient (Wildman–Crippen LogP) is 3.57. The number of esters is 1. The number of hydrogen-bond donors (Lipinski definition) is 0. The fourth-order valence-corrected chi connectivity index (χ4v) is 1.66. The highest BCUT2D eigenvalue weighted by Gasteiger charge is 2.12. The van der Waals surface area contributed by atoms with Gasteiger partial charge in [0.15, 0.2) is 0 Å². The molecule has 2 atom stereocenters. The minimum atomic E-state index is -0.0888. The Balaban J connectivity index is 3.45. The SMILES string of the molecule is C=CCC(C)CCCCC(C)C(=O)OC. The van der Waals surface area contributed by atoms with E-state index in [1.165, 1.54) is 20.0 Å². The van der Waals surface area contributed by atoms with Gasteiger partial charge in [0, 0.05) is 0 Å². The summed E-state index contributed by atoms with van der Waals surface area (Å²) in [5.74, 6) is 0.676. The molecule has 0 aliphatic heterocycles. The Morgan fingerprint density at radius 1 is 1.33 bits per heavy atom. The summed E-state index contributed by atoms with van der Waals surface area (Å²) in [5.41, 5.74) is 0. The van der Waals surface area contributed by atoms with Crippen molar-refractivity contribution < 1.29 is 9.53 Å². The van der Waals surface area contributed by atoms with Crippen molar-refractivity contribution in [3.8, 4) is 0 Å². The summed E-state index contributed by atoms with van der Waals surface area (Å²) in [6, 6.07) is 0. The number of hydrogen-bond acceptors (Lipinski definition) is 2. The van der Waals surface area contributed by atoms with Crippen molar-refractivity contribution in [2.75, 3.05) is 7.11 Å². The molecule has 0 saturated carbocycles. The molecule has 0 aromatic carbocycles. The van der Waals surface area contributed by atoms with E-state index in [2.05, 4.69) is 18.2 Å². The summed E-state index contributed by atoms with van der Waals surface area (Å²) in [4.78, 5) is 11.1. The van der Waals surface area contributed by atoms with Crippen LogP contribution in [0.4, 0.5) is 0 Å². The first-order chi connectivity index (χ1) is 7.11. The van der Waals surface area contributed by atoms with Crippen LogP contribution in [0.5, 0.6) is 0 Å². The number of rotatable bonds is 8. The molecule has 0 bridgehead atoms. The number of unbranched alkanes of at least 4 members (excludes halogenated alkanes) is 1. The second-order valence-electron chi connectivity index (χ2n) is 4.34. The summed E-state index contributed by atoms with van der Waals surface area (Å²) < 4.78 is 4.68. The lowest BCUT2D eigenvalue weighted by molar-refractivity contribution is -0.145. The van der Waals surface area contributed by atoms with E-state index >= 15 is 0 Å². The Hall–Kier alpha value is -0.790. The highest BCUT2D eigenvalue weighted by Crippen LogP contribution is 2.16. The van der Waals surface area contributed by atoms with Gasteiger partial charge in [0.05, 0.1) is 13.0 Å². The lowest BCUT2D eigenvalue weighted by Crippen LogP contribution is -2.12. The van der Waals surface area contributed by atoms with Crippen molar-refractivity contribution in [2.45, 2.75) is 46.0 Å². The molecule has 2 unspecified atom stereocenters. The third kappa shape index (κ3) is 7.18. The average molecular weight is 212 g/mol. The van der Waals surface area contributed by atoms with Gasteiger partial charge in [0.1, 0.15) is 0 Å². The minimum absolute atomic E-state index is 0.0460. The van der Waals surface area contributed by atoms with Crippen molar-refractivity contribution in [1.29, 1.82) is 0 Å². The average Bonchev–Trinajstić information content (AvgIpc) is 2.23. The minimum Gasteiger partial charge on any atom is -0.469 e. The Morgan fingerprint density at radius 3 is 2.47 bits per heavy atom. The summed E-state index contributed by atoms with van der Waals surface area (Å²) in [6.07, 6.45) is 7.52. The van der Waals surface area contributed by atoms with Crippen LogP contribution in [-0.4, -0.2) is 13.1 Å². The quantitative estimate of drug-likeness (QED) is 0.349. The Labute approximate surface area is 93.7 Å². The molecule has 0 aliphatic rings. The Morgan fingerprint density at radius 2 is 1.93 bits per heavy atom. The standard InChI is InChI=1S/C13H24O2/c1-5-8-11(2)9-6-7-10-12(3)13(14)15-4/h5,11-12H,1,6-10H2,2-4H3. The van der Waals surface area contributed by atoms with Gasteiger partial charge in [0.25, 0.3) is 0 Å². The molecule has 0 amide bonds. The smallest absolute Gasteiger partial charge is 0.308 e. The van der Waals surface area contributed by atoms with Gasteiger partial charge < -0.3 is 4.74 Å². The third-order valence-corrected chi connectivity index (χ3v) is 2.76. The lowest BCUT2D eigenvalue weighted by Gasteiger charge is -2.10. The van der Waals surface area contributed by atoms with Crippen LogP contribution >= 0.6 is 0 Å². The highest BCUT2D eigenvalue weighted by atomic mass is 16.5. The molecule has 0 aliphatic carbocycles.